The Bertz CT molecular complexity index is 154. The summed E-state index contributed by atoms with van der Waals surface area (Å²) in [6, 6.07) is 0. The second-order valence-corrected chi connectivity index (χ2v) is 1.70. The molecule has 1 saturated heterocycles. The van der Waals surface area contributed by atoms with E-state index in [-0.39, 0.29) is 0 Å². The largest absolute Gasteiger partial charge is 0.421 e. The maximum absolute atomic E-state index is 5.41. The van der Waals surface area contributed by atoms with Gasteiger partial charge in [0.1, 0.15) is 0 Å². The van der Waals surface area contributed by atoms with Gasteiger partial charge >= 0.3 is 5.95 Å². The van der Waals surface area contributed by atoms with E-state index in [1.165, 1.54) is 0 Å². The first-order valence-corrected chi connectivity index (χ1v) is 2.83. The molecule has 0 radical (unpaired) electrons. The molecule has 3 heteroatoms. The van der Waals surface area contributed by atoms with Crippen LogP contribution in [0.25, 0.3) is 0 Å². The molecule has 0 atom stereocenters. The maximum atomic E-state index is 5.41. The monoisotopic (exact) mass is 127 g/mol. The lowest BCUT2D eigenvalue weighted by Gasteiger charge is -2.16. The lowest BCUT2D eigenvalue weighted by molar-refractivity contribution is -0.165. The average molecular weight is 127 g/mol. The summed E-state index contributed by atoms with van der Waals surface area (Å²) in [5.74, 6) is 0.411. The van der Waals surface area contributed by atoms with Crippen molar-refractivity contribution in [1.29, 1.82) is 0 Å². The molecule has 1 heterocycles. The molecule has 0 aliphatic carbocycles. The number of ether oxygens (including phenoxy) is 2. The smallest absolute Gasteiger partial charge is 0.335 e. The van der Waals surface area contributed by atoms with Crippen LogP contribution < -0.4 is 5.73 Å². The summed E-state index contributed by atoms with van der Waals surface area (Å²) < 4.78 is 9.57. The van der Waals surface area contributed by atoms with Crippen LogP contribution in [0.5, 0.6) is 0 Å². The quantitative estimate of drug-likeness (QED) is 0.527. The first kappa shape index (κ1) is 6.05. The topological polar surface area (TPSA) is 44.5 Å². The third-order valence-electron chi connectivity index (χ3n) is 1.02. The predicted octanol–water partition coefficient (Wildman–Crippen LogP) is 0.684. The number of hydrogen-bond acceptors (Lipinski definition) is 3. The molecule has 0 aromatic carbocycles. The lowest BCUT2D eigenvalue weighted by atomic mass is 10.4. The first-order valence-electron chi connectivity index (χ1n) is 2.83. The third-order valence-corrected chi connectivity index (χ3v) is 1.02. The van der Waals surface area contributed by atoms with Gasteiger partial charge in [-0.25, -0.2) is 0 Å². The van der Waals surface area contributed by atoms with Gasteiger partial charge in [-0.2, -0.15) is 0 Å². The number of rotatable bonds is 1. The molecule has 0 aromatic heterocycles. The van der Waals surface area contributed by atoms with Gasteiger partial charge in [0.25, 0.3) is 0 Å². The Morgan fingerprint density at radius 2 is 2.44 bits per heavy atom. The highest BCUT2D eigenvalue weighted by Gasteiger charge is 2.08. The first-order chi connectivity index (χ1) is 4.33. The van der Waals surface area contributed by atoms with Crippen LogP contribution in [0.2, 0.25) is 0 Å². The van der Waals surface area contributed by atoms with Gasteiger partial charge in [-0.05, 0) is 12.2 Å². The maximum Gasteiger partial charge on any atom is 0.335 e. The van der Waals surface area contributed by atoms with Crippen molar-refractivity contribution in [2.24, 2.45) is 5.73 Å². The SMILES string of the molecule is CCC(N)=C=C1OCO1. The third kappa shape index (κ3) is 1.40. The molecule has 0 amide bonds. The van der Waals surface area contributed by atoms with E-state index in [2.05, 4.69) is 5.73 Å². The zero-order valence-corrected chi connectivity index (χ0v) is 5.31. The molecule has 1 fully saturated rings. The molecule has 1 aliphatic rings. The summed E-state index contributed by atoms with van der Waals surface area (Å²) in [6.07, 6.45) is 0.774. The van der Waals surface area contributed by atoms with Crippen molar-refractivity contribution >= 4 is 0 Å². The van der Waals surface area contributed by atoms with E-state index < -0.39 is 0 Å². The highest BCUT2D eigenvalue weighted by molar-refractivity contribution is 4.98. The molecule has 50 valence electrons. The number of hydrogen-bond donors (Lipinski definition) is 1. The summed E-state index contributed by atoms with van der Waals surface area (Å²) in [5.41, 5.74) is 8.80. The standard InChI is InChI=1S/C6H9NO2/c1-2-5(7)3-6-8-4-9-6/h2,4,7H2,1H3. The van der Waals surface area contributed by atoms with Crippen molar-refractivity contribution in [3.63, 3.8) is 0 Å². The van der Waals surface area contributed by atoms with Crippen LogP contribution in [0.15, 0.2) is 17.4 Å². The minimum absolute atomic E-state index is 0.333. The van der Waals surface area contributed by atoms with E-state index in [9.17, 15) is 0 Å². The van der Waals surface area contributed by atoms with Gasteiger partial charge in [0.05, 0.1) is 5.70 Å². The van der Waals surface area contributed by atoms with Crippen LogP contribution in [0.1, 0.15) is 13.3 Å². The molecule has 0 spiro atoms. The fourth-order valence-corrected chi connectivity index (χ4v) is 0.410. The number of nitrogens with two attached hydrogens (primary N) is 1. The van der Waals surface area contributed by atoms with Crippen molar-refractivity contribution in [1.82, 2.24) is 0 Å². The minimum Gasteiger partial charge on any atom is -0.421 e. The van der Waals surface area contributed by atoms with Gasteiger partial charge in [0.15, 0.2) is 0 Å². The molecule has 1 rings (SSSR count). The molecule has 0 bridgehead atoms. The fourth-order valence-electron chi connectivity index (χ4n) is 0.410. The van der Waals surface area contributed by atoms with Crippen LogP contribution in [0, 0.1) is 0 Å². The predicted molar refractivity (Wildman–Crippen MR) is 32.1 cm³/mol. The van der Waals surface area contributed by atoms with Crippen LogP contribution >= 0.6 is 0 Å². The molecule has 9 heavy (non-hydrogen) atoms. The second-order valence-electron chi connectivity index (χ2n) is 1.70. The van der Waals surface area contributed by atoms with Crippen molar-refractivity contribution in [2.45, 2.75) is 13.3 Å². The molecule has 2 N–H and O–H groups in total. The zero-order valence-electron chi connectivity index (χ0n) is 5.31. The van der Waals surface area contributed by atoms with Crippen molar-refractivity contribution in [2.75, 3.05) is 6.79 Å². The summed E-state index contributed by atoms with van der Waals surface area (Å²) in [5, 5.41) is 0. The highest BCUT2D eigenvalue weighted by Crippen LogP contribution is 2.09. The minimum atomic E-state index is 0.333. The van der Waals surface area contributed by atoms with Gasteiger partial charge in [-0.3, -0.25) is 0 Å². The Labute approximate surface area is 53.7 Å². The van der Waals surface area contributed by atoms with Crippen molar-refractivity contribution in [3.8, 4) is 0 Å². The molecular formula is C6H9NO2. The Morgan fingerprint density at radius 3 is 2.78 bits per heavy atom. The van der Waals surface area contributed by atoms with Crippen LogP contribution in [0.3, 0.4) is 0 Å². The summed E-state index contributed by atoms with van der Waals surface area (Å²) in [7, 11) is 0. The van der Waals surface area contributed by atoms with E-state index >= 15 is 0 Å². The summed E-state index contributed by atoms with van der Waals surface area (Å²) in [6.45, 7) is 2.28. The second kappa shape index (κ2) is 2.46. The van der Waals surface area contributed by atoms with Crippen molar-refractivity contribution in [3.05, 3.63) is 17.4 Å². The van der Waals surface area contributed by atoms with E-state index in [0.717, 1.165) is 6.42 Å². The Balaban J connectivity index is 2.61. The van der Waals surface area contributed by atoms with Crippen LogP contribution in [-0.4, -0.2) is 6.79 Å². The van der Waals surface area contributed by atoms with E-state index in [0.29, 0.717) is 18.4 Å². The summed E-state index contributed by atoms with van der Waals surface area (Å²) >= 11 is 0. The van der Waals surface area contributed by atoms with Crippen LogP contribution in [-0.2, 0) is 9.47 Å². The zero-order chi connectivity index (χ0) is 6.69. The van der Waals surface area contributed by atoms with Gasteiger partial charge in [0.2, 0.25) is 6.79 Å². The van der Waals surface area contributed by atoms with Gasteiger partial charge in [-0.1, -0.05) is 6.92 Å². The summed E-state index contributed by atoms with van der Waals surface area (Å²) in [4.78, 5) is 0. The normalized spacial score (nSPS) is 14.6. The van der Waals surface area contributed by atoms with Gasteiger partial charge < -0.3 is 15.2 Å². The van der Waals surface area contributed by atoms with Crippen LogP contribution in [0.4, 0.5) is 0 Å². The van der Waals surface area contributed by atoms with Gasteiger partial charge in [-0.15, -0.1) is 0 Å². The van der Waals surface area contributed by atoms with E-state index in [1.54, 1.807) is 0 Å². The van der Waals surface area contributed by atoms with E-state index in [1.807, 2.05) is 6.92 Å². The fraction of sp³-hybridized carbons (Fsp3) is 0.500. The van der Waals surface area contributed by atoms with Crippen molar-refractivity contribution < 1.29 is 9.47 Å². The Hall–Kier alpha value is -1.08. The number of allylic oxidation sites excluding steroid dienone is 1. The Morgan fingerprint density at radius 1 is 1.78 bits per heavy atom. The highest BCUT2D eigenvalue weighted by atomic mass is 16.8. The van der Waals surface area contributed by atoms with Gasteiger partial charge in [0, 0.05) is 0 Å². The van der Waals surface area contributed by atoms with E-state index in [4.69, 9.17) is 15.2 Å². The molecule has 0 aromatic rings. The average Bonchev–Trinajstić information content (AvgIpc) is 1.78. The lowest BCUT2D eigenvalue weighted by Crippen LogP contribution is -2.12. The molecule has 3 nitrogen and oxygen atoms in total. The molecule has 0 saturated carbocycles. The molecule has 1 aliphatic heterocycles. The molecule has 0 unspecified atom stereocenters. The Kier molecular flexibility index (Phi) is 1.66. The molecular weight excluding hydrogens is 118 g/mol.